The van der Waals surface area contributed by atoms with Gasteiger partial charge in [0.15, 0.2) is 0 Å². The van der Waals surface area contributed by atoms with Crippen molar-refractivity contribution in [3.63, 3.8) is 0 Å². The molecule has 0 spiro atoms. The Hall–Kier alpha value is -4.37. The molecule has 1 saturated carbocycles. The first-order chi connectivity index (χ1) is 18.9. The van der Waals surface area contributed by atoms with Crippen LogP contribution in [0.4, 0.5) is 14.5 Å². The lowest BCUT2D eigenvalue weighted by atomic mass is 9.92. The van der Waals surface area contributed by atoms with E-state index in [-0.39, 0.29) is 23.7 Å². The van der Waals surface area contributed by atoms with E-state index in [2.05, 4.69) is 20.9 Å². The number of aromatic nitrogens is 2. The number of imidazole rings is 1. The fourth-order valence-electron chi connectivity index (χ4n) is 4.97. The van der Waals surface area contributed by atoms with Crippen LogP contribution in [0.3, 0.4) is 0 Å². The third kappa shape index (κ3) is 4.93. The van der Waals surface area contributed by atoms with E-state index < -0.39 is 17.5 Å². The summed E-state index contributed by atoms with van der Waals surface area (Å²) < 4.78 is 29.3. The van der Waals surface area contributed by atoms with Crippen molar-refractivity contribution in [2.45, 2.75) is 32.9 Å². The van der Waals surface area contributed by atoms with E-state index in [1.165, 1.54) is 37.1 Å². The molecule has 198 valence electrons. The molecule has 7 nitrogen and oxygen atoms in total. The van der Waals surface area contributed by atoms with Gasteiger partial charge in [-0.1, -0.05) is 18.2 Å². The Kier molecular flexibility index (Phi) is 6.44. The molecule has 2 heterocycles. The highest BCUT2D eigenvalue weighted by atomic mass is 19.1. The van der Waals surface area contributed by atoms with Gasteiger partial charge < -0.3 is 20.9 Å². The highest BCUT2D eigenvalue weighted by molar-refractivity contribution is 6.06. The lowest BCUT2D eigenvalue weighted by molar-refractivity contribution is 0.0965. The second-order valence-electron chi connectivity index (χ2n) is 10.1. The van der Waals surface area contributed by atoms with Gasteiger partial charge in [0, 0.05) is 35.6 Å². The first-order valence-electron chi connectivity index (χ1n) is 13.0. The lowest BCUT2D eigenvalue weighted by Crippen LogP contribution is -2.16. The molecule has 1 fully saturated rings. The van der Waals surface area contributed by atoms with Crippen LogP contribution in [0.1, 0.15) is 50.5 Å². The quantitative estimate of drug-likeness (QED) is 0.249. The van der Waals surface area contributed by atoms with Crippen LogP contribution in [-0.2, 0) is 13.1 Å². The Bertz CT molecular complexity index is 1610. The first kappa shape index (κ1) is 24.9. The minimum atomic E-state index is -0.670. The Labute approximate surface area is 224 Å². The van der Waals surface area contributed by atoms with Crippen molar-refractivity contribution in [1.82, 2.24) is 20.6 Å². The van der Waals surface area contributed by atoms with Gasteiger partial charge in [-0.25, -0.2) is 13.8 Å². The van der Waals surface area contributed by atoms with Crippen LogP contribution in [0.2, 0.25) is 0 Å². The van der Waals surface area contributed by atoms with Crippen LogP contribution in [0.5, 0.6) is 0 Å². The number of aryl methyl sites for hydroxylation is 1. The maximum Gasteiger partial charge on any atom is 0.258 e. The first-order valence-corrected chi connectivity index (χ1v) is 13.0. The predicted molar refractivity (Wildman–Crippen MR) is 144 cm³/mol. The van der Waals surface area contributed by atoms with E-state index in [1.807, 2.05) is 6.92 Å². The van der Waals surface area contributed by atoms with Crippen LogP contribution in [0.25, 0.3) is 22.5 Å². The van der Waals surface area contributed by atoms with Gasteiger partial charge in [-0.3, -0.25) is 9.59 Å². The number of hydrogen-bond donors (Lipinski definition) is 4. The summed E-state index contributed by atoms with van der Waals surface area (Å²) in [6, 6.07) is 13.5. The van der Waals surface area contributed by atoms with Crippen LogP contribution in [-0.4, -0.2) is 28.3 Å². The van der Waals surface area contributed by atoms with Crippen molar-refractivity contribution in [1.29, 1.82) is 0 Å². The van der Waals surface area contributed by atoms with E-state index in [0.717, 1.165) is 23.9 Å². The highest BCUT2D eigenvalue weighted by Gasteiger charge is 2.29. The molecule has 1 aliphatic carbocycles. The molecule has 6 rings (SSSR count). The van der Waals surface area contributed by atoms with Gasteiger partial charge in [-0.2, -0.15) is 0 Å². The average molecular weight is 528 g/mol. The number of amides is 2. The molecule has 0 atom stereocenters. The molecule has 39 heavy (non-hydrogen) atoms. The number of halogens is 2. The average Bonchev–Trinajstić information content (AvgIpc) is 3.56. The Balaban J connectivity index is 1.28. The molecular weight excluding hydrogens is 500 g/mol. The van der Waals surface area contributed by atoms with E-state index in [1.54, 1.807) is 30.3 Å². The van der Waals surface area contributed by atoms with Gasteiger partial charge in [-0.05, 0) is 79.8 Å². The molecule has 4 N–H and O–H groups in total. The maximum atomic E-state index is 15.3. The monoisotopic (exact) mass is 527 g/mol. The normalized spacial score (nSPS) is 14.3. The number of aromatic amines is 1. The number of carbonyl (C=O) groups excluding carboxylic acids is 2. The van der Waals surface area contributed by atoms with Crippen LogP contribution < -0.4 is 16.0 Å². The van der Waals surface area contributed by atoms with Gasteiger partial charge in [-0.15, -0.1) is 0 Å². The summed E-state index contributed by atoms with van der Waals surface area (Å²) >= 11 is 0. The zero-order valence-electron chi connectivity index (χ0n) is 21.3. The number of anilines is 1. The molecule has 9 heteroatoms. The standard InChI is InChI=1S/C30H27F2N5O2/c1-16-26(15-33-13-17-6-7-17)37-28(35-16)22-11-10-19(23-14-34-30(39)27(22)23)20-9-8-18(12-25(20)32)36-29(38)21-4-2-3-5-24(21)31/h2-5,8-12,17,33H,6-7,13-15H2,1H3,(H,34,39)(H,35,37)(H,36,38). The molecule has 0 radical (unpaired) electrons. The van der Waals surface area contributed by atoms with E-state index in [4.69, 9.17) is 4.98 Å². The minimum Gasteiger partial charge on any atom is -0.348 e. The summed E-state index contributed by atoms with van der Waals surface area (Å²) in [6.45, 7) is 3.85. The number of hydrogen-bond acceptors (Lipinski definition) is 4. The third-order valence-corrected chi connectivity index (χ3v) is 7.26. The zero-order valence-corrected chi connectivity index (χ0v) is 21.3. The summed E-state index contributed by atoms with van der Waals surface area (Å²) in [4.78, 5) is 33.4. The molecule has 0 bridgehead atoms. The summed E-state index contributed by atoms with van der Waals surface area (Å²) in [5.41, 5.74) is 4.58. The van der Waals surface area contributed by atoms with Crippen molar-refractivity contribution in [2.75, 3.05) is 11.9 Å². The Morgan fingerprint density at radius 1 is 1.03 bits per heavy atom. The lowest BCUT2D eigenvalue weighted by Gasteiger charge is -2.13. The summed E-state index contributed by atoms with van der Waals surface area (Å²) in [5, 5.41) is 8.84. The van der Waals surface area contributed by atoms with E-state index in [0.29, 0.717) is 40.2 Å². The number of nitrogens with one attached hydrogen (secondary N) is 4. The van der Waals surface area contributed by atoms with Gasteiger partial charge >= 0.3 is 0 Å². The Morgan fingerprint density at radius 3 is 2.56 bits per heavy atom. The van der Waals surface area contributed by atoms with Crippen LogP contribution in [0.15, 0.2) is 54.6 Å². The SMILES string of the molecule is Cc1[nH]c(-c2ccc(-c3ccc(NC(=O)c4ccccc4F)cc3F)c3c2C(=O)NC3)nc1CNCC1CC1. The van der Waals surface area contributed by atoms with Crippen LogP contribution in [0, 0.1) is 24.5 Å². The van der Waals surface area contributed by atoms with Crippen molar-refractivity contribution < 1.29 is 18.4 Å². The molecule has 0 unspecified atom stereocenters. The maximum absolute atomic E-state index is 15.3. The Morgan fingerprint density at radius 2 is 1.79 bits per heavy atom. The zero-order chi connectivity index (χ0) is 27.1. The number of benzene rings is 3. The van der Waals surface area contributed by atoms with Crippen molar-refractivity contribution >= 4 is 17.5 Å². The number of fused-ring (bicyclic) bond motifs is 1. The van der Waals surface area contributed by atoms with E-state index >= 15 is 4.39 Å². The third-order valence-electron chi connectivity index (χ3n) is 7.26. The van der Waals surface area contributed by atoms with Gasteiger partial charge in [0.25, 0.3) is 11.8 Å². The summed E-state index contributed by atoms with van der Waals surface area (Å²) in [6.07, 6.45) is 2.55. The molecule has 3 aromatic carbocycles. The van der Waals surface area contributed by atoms with Gasteiger partial charge in [0.1, 0.15) is 17.5 Å². The second kappa shape index (κ2) is 10.1. The van der Waals surface area contributed by atoms with E-state index in [9.17, 15) is 14.0 Å². The molecule has 2 aliphatic rings. The molecule has 2 amide bonds. The summed E-state index contributed by atoms with van der Waals surface area (Å²) in [5.74, 6) is -0.778. The second-order valence-corrected chi connectivity index (χ2v) is 10.1. The summed E-state index contributed by atoms with van der Waals surface area (Å²) in [7, 11) is 0. The topological polar surface area (TPSA) is 98.9 Å². The number of rotatable bonds is 8. The molecule has 1 aliphatic heterocycles. The minimum absolute atomic E-state index is 0.130. The number of H-pyrrole nitrogens is 1. The largest absolute Gasteiger partial charge is 0.348 e. The number of carbonyl (C=O) groups is 2. The molecule has 4 aromatic rings. The van der Waals surface area contributed by atoms with Crippen molar-refractivity contribution in [2.24, 2.45) is 5.92 Å². The number of nitrogens with zero attached hydrogens (tertiary/aromatic N) is 1. The van der Waals surface area contributed by atoms with Gasteiger partial charge in [0.2, 0.25) is 0 Å². The molecule has 1 aromatic heterocycles. The van der Waals surface area contributed by atoms with Crippen molar-refractivity contribution in [3.05, 3.63) is 94.3 Å². The fraction of sp³-hybridized carbons (Fsp3) is 0.233. The smallest absolute Gasteiger partial charge is 0.258 e. The van der Waals surface area contributed by atoms with Crippen LogP contribution >= 0.6 is 0 Å². The predicted octanol–water partition coefficient (Wildman–Crippen LogP) is 5.33. The molecule has 0 saturated heterocycles. The van der Waals surface area contributed by atoms with Crippen molar-refractivity contribution in [3.8, 4) is 22.5 Å². The highest BCUT2D eigenvalue weighted by Crippen LogP contribution is 2.37. The fourth-order valence-corrected chi connectivity index (χ4v) is 4.97. The molecular formula is C30H27F2N5O2. The van der Waals surface area contributed by atoms with Gasteiger partial charge in [0.05, 0.1) is 16.8 Å².